The monoisotopic (exact) mass is 262 g/mol. The van der Waals surface area contributed by atoms with Crippen LogP contribution in [0.5, 0.6) is 5.75 Å². The summed E-state index contributed by atoms with van der Waals surface area (Å²) >= 11 is 0. The highest BCUT2D eigenvalue weighted by Gasteiger charge is 2.13. The number of nitrogens with one attached hydrogen (secondary N) is 2. The first-order chi connectivity index (χ1) is 9.24. The van der Waals surface area contributed by atoms with Crippen molar-refractivity contribution in [3.05, 3.63) is 29.8 Å². The van der Waals surface area contributed by atoms with Crippen LogP contribution in [0.15, 0.2) is 24.3 Å². The normalized spacial score (nSPS) is 18.9. The average Bonchev–Trinajstić information content (AvgIpc) is 2.44. The van der Waals surface area contributed by atoms with Crippen molar-refractivity contribution in [2.24, 2.45) is 5.92 Å². The van der Waals surface area contributed by atoms with E-state index in [4.69, 9.17) is 4.74 Å². The number of ether oxygens (including phenoxy) is 1. The van der Waals surface area contributed by atoms with Crippen LogP contribution in [0.4, 0.5) is 0 Å². The number of aryl methyl sites for hydroxylation is 1. The highest BCUT2D eigenvalue weighted by Crippen LogP contribution is 2.12. The van der Waals surface area contributed by atoms with Crippen molar-refractivity contribution in [1.82, 2.24) is 10.6 Å². The van der Waals surface area contributed by atoms with Crippen molar-refractivity contribution < 1.29 is 9.53 Å². The van der Waals surface area contributed by atoms with Crippen molar-refractivity contribution in [1.29, 1.82) is 0 Å². The number of hydrogen-bond donors (Lipinski definition) is 2. The lowest BCUT2D eigenvalue weighted by Crippen LogP contribution is -2.39. The number of rotatable bonds is 5. The molecule has 1 aromatic rings. The summed E-state index contributed by atoms with van der Waals surface area (Å²) < 4.78 is 5.46. The molecule has 0 radical (unpaired) electrons. The van der Waals surface area contributed by atoms with Crippen LogP contribution in [-0.2, 0) is 4.79 Å². The van der Waals surface area contributed by atoms with E-state index < -0.39 is 0 Å². The molecular weight excluding hydrogens is 240 g/mol. The van der Waals surface area contributed by atoms with Gasteiger partial charge in [0.05, 0.1) is 0 Å². The Morgan fingerprint density at radius 1 is 1.53 bits per heavy atom. The Bertz CT molecular complexity index is 414. The maximum absolute atomic E-state index is 11.7. The summed E-state index contributed by atoms with van der Waals surface area (Å²) in [5.41, 5.74) is 1.13. The number of carbonyl (C=O) groups excluding carboxylic acids is 1. The average molecular weight is 262 g/mol. The predicted molar refractivity (Wildman–Crippen MR) is 75.3 cm³/mol. The molecule has 4 heteroatoms. The Balaban J connectivity index is 1.66. The standard InChI is InChI=1S/C15H22N2O2/c1-12-4-2-6-14(8-12)19-11-15(18)17-10-13-5-3-7-16-9-13/h2,4,6,8,13,16H,3,5,7,9-11H2,1H3,(H,17,18). The van der Waals surface area contributed by atoms with Crippen LogP contribution in [0.25, 0.3) is 0 Å². The van der Waals surface area contributed by atoms with Gasteiger partial charge in [0.2, 0.25) is 0 Å². The third-order valence-electron chi connectivity index (χ3n) is 3.35. The summed E-state index contributed by atoms with van der Waals surface area (Å²) in [7, 11) is 0. The largest absolute Gasteiger partial charge is 0.484 e. The highest BCUT2D eigenvalue weighted by molar-refractivity contribution is 5.77. The lowest BCUT2D eigenvalue weighted by molar-refractivity contribution is -0.123. The summed E-state index contributed by atoms with van der Waals surface area (Å²) in [6.07, 6.45) is 2.38. The maximum atomic E-state index is 11.7. The van der Waals surface area contributed by atoms with Crippen LogP contribution in [0.1, 0.15) is 18.4 Å². The maximum Gasteiger partial charge on any atom is 0.257 e. The van der Waals surface area contributed by atoms with Crippen molar-refractivity contribution in [3.8, 4) is 5.75 Å². The zero-order valence-corrected chi connectivity index (χ0v) is 11.4. The van der Waals surface area contributed by atoms with Crippen LogP contribution >= 0.6 is 0 Å². The van der Waals surface area contributed by atoms with E-state index in [0.717, 1.165) is 30.9 Å². The second-order valence-electron chi connectivity index (χ2n) is 5.12. The molecule has 2 N–H and O–H groups in total. The summed E-state index contributed by atoms with van der Waals surface area (Å²) in [4.78, 5) is 11.7. The molecule has 1 unspecified atom stereocenters. The summed E-state index contributed by atoms with van der Waals surface area (Å²) in [6.45, 7) is 4.93. The van der Waals surface area contributed by atoms with Crippen LogP contribution in [0.2, 0.25) is 0 Å². The molecular formula is C15H22N2O2. The Hall–Kier alpha value is -1.55. The molecule has 1 aromatic carbocycles. The molecule has 0 aliphatic carbocycles. The number of piperidine rings is 1. The van der Waals surface area contributed by atoms with Crippen LogP contribution in [-0.4, -0.2) is 32.1 Å². The lowest BCUT2D eigenvalue weighted by Gasteiger charge is -2.22. The van der Waals surface area contributed by atoms with Gasteiger partial charge >= 0.3 is 0 Å². The first kappa shape index (κ1) is 13.9. The zero-order chi connectivity index (χ0) is 13.5. The van der Waals surface area contributed by atoms with E-state index in [1.165, 1.54) is 12.8 Å². The predicted octanol–water partition coefficient (Wildman–Crippen LogP) is 1.49. The molecule has 2 rings (SSSR count). The minimum absolute atomic E-state index is 0.0490. The van der Waals surface area contributed by atoms with Gasteiger partial charge in [0, 0.05) is 6.54 Å². The fourth-order valence-electron chi connectivity index (χ4n) is 2.26. The lowest BCUT2D eigenvalue weighted by atomic mass is 10.00. The molecule has 0 spiro atoms. The molecule has 1 aliphatic heterocycles. The minimum Gasteiger partial charge on any atom is -0.484 e. The number of amides is 1. The van der Waals surface area contributed by atoms with Gasteiger partial charge in [-0.3, -0.25) is 4.79 Å². The fraction of sp³-hybridized carbons (Fsp3) is 0.533. The molecule has 0 saturated carbocycles. The third-order valence-corrected chi connectivity index (χ3v) is 3.35. The molecule has 1 saturated heterocycles. The third kappa shape index (κ3) is 4.91. The van der Waals surface area contributed by atoms with Gasteiger partial charge in [-0.2, -0.15) is 0 Å². The Kier molecular flexibility index (Phi) is 5.21. The first-order valence-electron chi connectivity index (χ1n) is 6.91. The molecule has 0 bridgehead atoms. The van der Waals surface area contributed by atoms with Gasteiger partial charge in [-0.1, -0.05) is 12.1 Å². The van der Waals surface area contributed by atoms with Gasteiger partial charge in [-0.05, 0) is 56.5 Å². The molecule has 1 fully saturated rings. The highest BCUT2D eigenvalue weighted by atomic mass is 16.5. The Labute approximate surface area is 114 Å². The molecule has 1 amide bonds. The molecule has 1 heterocycles. The van der Waals surface area contributed by atoms with E-state index in [1.807, 2.05) is 31.2 Å². The number of hydrogen-bond acceptors (Lipinski definition) is 3. The van der Waals surface area contributed by atoms with E-state index in [2.05, 4.69) is 10.6 Å². The fourth-order valence-corrected chi connectivity index (χ4v) is 2.26. The van der Waals surface area contributed by atoms with Crippen molar-refractivity contribution >= 4 is 5.91 Å². The zero-order valence-electron chi connectivity index (χ0n) is 11.4. The van der Waals surface area contributed by atoms with Crippen molar-refractivity contribution in [2.45, 2.75) is 19.8 Å². The van der Waals surface area contributed by atoms with Gasteiger partial charge in [0.1, 0.15) is 5.75 Å². The molecule has 4 nitrogen and oxygen atoms in total. The van der Waals surface area contributed by atoms with E-state index in [-0.39, 0.29) is 12.5 Å². The summed E-state index contributed by atoms with van der Waals surface area (Å²) in [5.74, 6) is 1.25. The second kappa shape index (κ2) is 7.14. The topological polar surface area (TPSA) is 50.4 Å². The second-order valence-corrected chi connectivity index (χ2v) is 5.12. The van der Waals surface area contributed by atoms with Gasteiger partial charge in [-0.15, -0.1) is 0 Å². The van der Waals surface area contributed by atoms with E-state index in [1.54, 1.807) is 0 Å². The number of carbonyl (C=O) groups is 1. The van der Waals surface area contributed by atoms with Crippen LogP contribution in [0.3, 0.4) is 0 Å². The number of benzene rings is 1. The van der Waals surface area contributed by atoms with Crippen molar-refractivity contribution in [2.75, 3.05) is 26.2 Å². The molecule has 1 atom stereocenters. The van der Waals surface area contributed by atoms with E-state index in [0.29, 0.717) is 5.92 Å². The minimum atomic E-state index is -0.0490. The van der Waals surface area contributed by atoms with Gasteiger partial charge < -0.3 is 15.4 Å². The Morgan fingerprint density at radius 2 is 2.42 bits per heavy atom. The smallest absolute Gasteiger partial charge is 0.257 e. The van der Waals surface area contributed by atoms with E-state index >= 15 is 0 Å². The molecule has 104 valence electrons. The van der Waals surface area contributed by atoms with Crippen molar-refractivity contribution in [3.63, 3.8) is 0 Å². The molecule has 19 heavy (non-hydrogen) atoms. The summed E-state index contributed by atoms with van der Waals surface area (Å²) in [5, 5.41) is 6.27. The first-order valence-corrected chi connectivity index (χ1v) is 6.91. The van der Waals surface area contributed by atoms with Gasteiger partial charge in [0.25, 0.3) is 5.91 Å². The quantitative estimate of drug-likeness (QED) is 0.845. The van der Waals surface area contributed by atoms with Crippen LogP contribution in [0, 0.1) is 12.8 Å². The summed E-state index contributed by atoms with van der Waals surface area (Å²) in [6, 6.07) is 7.73. The van der Waals surface area contributed by atoms with Gasteiger partial charge in [-0.25, -0.2) is 0 Å². The SMILES string of the molecule is Cc1cccc(OCC(=O)NCC2CCCNC2)c1. The van der Waals surface area contributed by atoms with Crippen LogP contribution < -0.4 is 15.4 Å². The van der Waals surface area contributed by atoms with E-state index in [9.17, 15) is 4.79 Å². The molecule has 1 aliphatic rings. The molecule has 0 aromatic heterocycles. The Morgan fingerprint density at radius 3 is 3.16 bits per heavy atom. The van der Waals surface area contributed by atoms with Gasteiger partial charge in [0.15, 0.2) is 6.61 Å².